The number of hydrogen-bond acceptors (Lipinski definition) is 2. The maximum Gasteiger partial charge on any atom is 0.119 e. The number of hydrogen-bond donors (Lipinski definition) is 1. The summed E-state index contributed by atoms with van der Waals surface area (Å²) in [5.74, 6) is 3.91. The van der Waals surface area contributed by atoms with E-state index in [9.17, 15) is 5.11 Å². The van der Waals surface area contributed by atoms with Gasteiger partial charge >= 0.3 is 0 Å². The first-order valence-electron chi connectivity index (χ1n) is 9.43. The molecule has 6 atom stereocenters. The van der Waals surface area contributed by atoms with Gasteiger partial charge in [-0.25, -0.2) is 0 Å². The maximum absolute atomic E-state index is 10.6. The lowest BCUT2D eigenvalue weighted by Gasteiger charge is -2.53. The summed E-state index contributed by atoms with van der Waals surface area (Å²) in [5.41, 5.74) is 3.25. The standard InChI is InChI=1S/C21H30O2/c1-4-13-11-14-12-15(23-3)5-6-16(14)17-9-10-21(2)18(20(13)17)7-8-19(21)22/h5-6,12-13,17-20,22H,4,7-11H2,1-3H3/t13-,17-,18-,19+,20-,21+/m1/s1. The molecule has 2 heteroatoms. The smallest absolute Gasteiger partial charge is 0.119 e. The molecule has 126 valence electrons. The number of rotatable bonds is 2. The Morgan fingerprint density at radius 2 is 2.09 bits per heavy atom. The molecule has 2 fully saturated rings. The minimum Gasteiger partial charge on any atom is -0.497 e. The summed E-state index contributed by atoms with van der Waals surface area (Å²) in [4.78, 5) is 0. The average molecular weight is 314 g/mol. The maximum atomic E-state index is 10.6. The Bertz CT molecular complexity index is 596. The molecule has 1 N–H and O–H groups in total. The average Bonchev–Trinajstić information content (AvgIpc) is 2.88. The zero-order valence-corrected chi connectivity index (χ0v) is 14.7. The van der Waals surface area contributed by atoms with Crippen molar-refractivity contribution in [2.45, 2.75) is 64.4 Å². The van der Waals surface area contributed by atoms with Crippen LogP contribution in [0.5, 0.6) is 5.75 Å². The first kappa shape index (κ1) is 15.5. The van der Waals surface area contributed by atoms with Crippen molar-refractivity contribution in [1.82, 2.24) is 0 Å². The molecule has 1 aromatic rings. The van der Waals surface area contributed by atoms with E-state index in [-0.39, 0.29) is 11.5 Å². The second-order valence-electron chi connectivity index (χ2n) is 8.37. The van der Waals surface area contributed by atoms with E-state index in [2.05, 4.69) is 32.0 Å². The number of fused-ring (bicyclic) bond motifs is 5. The highest BCUT2D eigenvalue weighted by Crippen LogP contribution is 2.62. The predicted molar refractivity (Wildman–Crippen MR) is 92.8 cm³/mol. The summed E-state index contributed by atoms with van der Waals surface area (Å²) in [6.07, 6.45) is 7.01. The van der Waals surface area contributed by atoms with Crippen LogP contribution in [0.4, 0.5) is 0 Å². The highest BCUT2D eigenvalue weighted by Gasteiger charge is 2.56. The van der Waals surface area contributed by atoms with Gasteiger partial charge in [-0.3, -0.25) is 0 Å². The molecular formula is C21H30O2. The van der Waals surface area contributed by atoms with Crippen LogP contribution in [-0.4, -0.2) is 18.3 Å². The lowest BCUT2D eigenvalue weighted by molar-refractivity contribution is -0.0386. The number of aliphatic hydroxyl groups excluding tert-OH is 1. The molecule has 0 unspecified atom stereocenters. The van der Waals surface area contributed by atoms with Crippen LogP contribution in [0, 0.1) is 23.2 Å². The minimum atomic E-state index is -0.0804. The van der Waals surface area contributed by atoms with Crippen LogP contribution in [-0.2, 0) is 6.42 Å². The van der Waals surface area contributed by atoms with Crippen LogP contribution in [0.15, 0.2) is 18.2 Å². The second-order valence-corrected chi connectivity index (χ2v) is 8.37. The Labute approximate surface area is 140 Å². The van der Waals surface area contributed by atoms with Gasteiger partial charge in [0, 0.05) is 0 Å². The number of aliphatic hydroxyl groups is 1. The monoisotopic (exact) mass is 314 g/mol. The van der Waals surface area contributed by atoms with Crippen LogP contribution in [0.3, 0.4) is 0 Å². The summed E-state index contributed by atoms with van der Waals surface area (Å²) < 4.78 is 5.45. The quantitative estimate of drug-likeness (QED) is 0.868. The zero-order valence-electron chi connectivity index (χ0n) is 14.7. The van der Waals surface area contributed by atoms with Crippen molar-refractivity contribution in [1.29, 1.82) is 0 Å². The van der Waals surface area contributed by atoms with E-state index in [0.717, 1.165) is 24.0 Å². The Morgan fingerprint density at radius 1 is 1.26 bits per heavy atom. The first-order valence-corrected chi connectivity index (χ1v) is 9.43. The van der Waals surface area contributed by atoms with Crippen molar-refractivity contribution >= 4 is 0 Å². The highest BCUT2D eigenvalue weighted by molar-refractivity contribution is 5.41. The van der Waals surface area contributed by atoms with E-state index >= 15 is 0 Å². The normalized spacial score (nSPS) is 41.8. The predicted octanol–water partition coefficient (Wildman–Crippen LogP) is 4.55. The van der Waals surface area contributed by atoms with Gasteiger partial charge in [0.25, 0.3) is 0 Å². The fourth-order valence-corrected chi connectivity index (χ4v) is 6.27. The molecule has 3 aliphatic carbocycles. The molecule has 2 saturated carbocycles. The van der Waals surface area contributed by atoms with Gasteiger partial charge in [0.15, 0.2) is 0 Å². The summed E-state index contributed by atoms with van der Waals surface area (Å²) in [7, 11) is 1.76. The zero-order chi connectivity index (χ0) is 16.2. The van der Waals surface area contributed by atoms with E-state index in [4.69, 9.17) is 4.74 Å². The lowest BCUT2D eigenvalue weighted by atomic mass is 9.52. The van der Waals surface area contributed by atoms with Gasteiger partial charge in [-0.2, -0.15) is 0 Å². The van der Waals surface area contributed by atoms with Gasteiger partial charge in [-0.1, -0.05) is 26.3 Å². The molecule has 0 heterocycles. The van der Waals surface area contributed by atoms with E-state index in [1.165, 1.54) is 37.7 Å². The van der Waals surface area contributed by atoms with Gasteiger partial charge < -0.3 is 9.84 Å². The second kappa shape index (κ2) is 5.51. The molecule has 1 aromatic carbocycles. The van der Waals surface area contributed by atoms with E-state index in [0.29, 0.717) is 11.8 Å². The number of benzene rings is 1. The Kier molecular flexibility index (Phi) is 3.72. The fraction of sp³-hybridized carbons (Fsp3) is 0.714. The molecule has 23 heavy (non-hydrogen) atoms. The summed E-state index contributed by atoms with van der Waals surface area (Å²) in [6.45, 7) is 4.71. The van der Waals surface area contributed by atoms with Gasteiger partial charge in [-0.05, 0) is 84.5 Å². The minimum absolute atomic E-state index is 0.0804. The Morgan fingerprint density at radius 3 is 2.83 bits per heavy atom. The molecule has 0 saturated heterocycles. The Hall–Kier alpha value is -1.02. The molecule has 0 radical (unpaired) electrons. The molecule has 4 rings (SSSR count). The van der Waals surface area contributed by atoms with E-state index in [1.54, 1.807) is 12.7 Å². The third-order valence-electron chi connectivity index (χ3n) is 7.58. The molecule has 0 bridgehead atoms. The van der Waals surface area contributed by atoms with Crippen molar-refractivity contribution < 1.29 is 9.84 Å². The van der Waals surface area contributed by atoms with Gasteiger partial charge in [-0.15, -0.1) is 0 Å². The van der Waals surface area contributed by atoms with E-state index in [1.807, 2.05) is 0 Å². The van der Waals surface area contributed by atoms with E-state index < -0.39 is 0 Å². The molecule has 0 amide bonds. The SMILES string of the molecule is CC[C@@H]1Cc2cc(OC)ccc2[C@H]2CC[C@@]3(C)[C@H](CC[C@@H]3O)[C@H]12. The van der Waals surface area contributed by atoms with Crippen molar-refractivity contribution in [3.63, 3.8) is 0 Å². The largest absolute Gasteiger partial charge is 0.497 e. The van der Waals surface area contributed by atoms with Crippen molar-refractivity contribution in [2.24, 2.45) is 23.2 Å². The van der Waals surface area contributed by atoms with Crippen LogP contribution in [0.1, 0.15) is 63.0 Å². The topological polar surface area (TPSA) is 29.5 Å². The third-order valence-corrected chi connectivity index (χ3v) is 7.58. The number of ether oxygens (including phenoxy) is 1. The Balaban J connectivity index is 1.75. The first-order chi connectivity index (χ1) is 11.1. The molecule has 2 nitrogen and oxygen atoms in total. The van der Waals surface area contributed by atoms with Gasteiger partial charge in [0.2, 0.25) is 0 Å². The van der Waals surface area contributed by atoms with Crippen LogP contribution in [0.25, 0.3) is 0 Å². The number of methoxy groups -OCH3 is 1. The van der Waals surface area contributed by atoms with Gasteiger partial charge in [0.1, 0.15) is 5.75 Å². The van der Waals surface area contributed by atoms with Crippen molar-refractivity contribution in [2.75, 3.05) is 7.11 Å². The van der Waals surface area contributed by atoms with Crippen LogP contribution in [0.2, 0.25) is 0 Å². The summed E-state index contributed by atoms with van der Waals surface area (Å²) >= 11 is 0. The third kappa shape index (κ3) is 2.17. The molecule has 0 aliphatic heterocycles. The fourth-order valence-electron chi connectivity index (χ4n) is 6.27. The molecule has 3 aliphatic rings. The molecule has 0 spiro atoms. The van der Waals surface area contributed by atoms with Crippen molar-refractivity contribution in [3.8, 4) is 5.75 Å². The highest BCUT2D eigenvalue weighted by atomic mass is 16.5. The molecule has 0 aromatic heterocycles. The summed E-state index contributed by atoms with van der Waals surface area (Å²) in [6, 6.07) is 6.73. The van der Waals surface area contributed by atoms with Crippen molar-refractivity contribution in [3.05, 3.63) is 29.3 Å². The van der Waals surface area contributed by atoms with Gasteiger partial charge in [0.05, 0.1) is 13.2 Å². The summed E-state index contributed by atoms with van der Waals surface area (Å²) in [5, 5.41) is 10.6. The van der Waals surface area contributed by atoms with Crippen LogP contribution < -0.4 is 4.74 Å². The van der Waals surface area contributed by atoms with Crippen LogP contribution >= 0.6 is 0 Å². The molecular weight excluding hydrogens is 284 g/mol. The lowest BCUT2D eigenvalue weighted by Crippen LogP contribution is -2.47.